The van der Waals surface area contributed by atoms with E-state index in [1.54, 1.807) is 23.1 Å². The topological polar surface area (TPSA) is 52.7 Å². The molecular weight excluding hydrogens is 380 g/mol. The molecule has 0 aliphatic carbocycles. The smallest absolute Gasteiger partial charge is 0.243 e. The molecule has 2 aromatic carbocycles. The molecule has 0 bridgehead atoms. The van der Waals surface area contributed by atoms with Gasteiger partial charge >= 0.3 is 0 Å². The number of sulfonamides is 1. The number of piperazine rings is 1. The van der Waals surface area contributed by atoms with Gasteiger partial charge in [0, 0.05) is 26.2 Å². The van der Waals surface area contributed by atoms with Crippen molar-refractivity contribution in [1.29, 1.82) is 0 Å². The SMILES string of the molecule is O=S(=O)(c1ccc(F)cc1)N1CCN(C(=S)Nc2ccccc2F)CC1. The van der Waals surface area contributed by atoms with Gasteiger partial charge in [-0.05, 0) is 48.6 Å². The largest absolute Gasteiger partial charge is 0.346 e. The van der Waals surface area contributed by atoms with Crippen LogP contribution in [0.2, 0.25) is 0 Å². The van der Waals surface area contributed by atoms with Crippen molar-refractivity contribution in [3.8, 4) is 0 Å². The van der Waals surface area contributed by atoms with Crippen LogP contribution in [0.1, 0.15) is 0 Å². The monoisotopic (exact) mass is 397 g/mol. The van der Waals surface area contributed by atoms with Gasteiger partial charge in [-0.15, -0.1) is 0 Å². The summed E-state index contributed by atoms with van der Waals surface area (Å²) in [4.78, 5) is 1.85. The molecule has 0 atom stereocenters. The van der Waals surface area contributed by atoms with Gasteiger partial charge in [-0.3, -0.25) is 0 Å². The lowest BCUT2D eigenvalue weighted by Crippen LogP contribution is -2.51. The van der Waals surface area contributed by atoms with Crippen molar-refractivity contribution in [1.82, 2.24) is 9.21 Å². The Morgan fingerprint density at radius 2 is 1.58 bits per heavy atom. The van der Waals surface area contributed by atoms with E-state index in [0.717, 1.165) is 12.1 Å². The van der Waals surface area contributed by atoms with E-state index >= 15 is 0 Å². The highest BCUT2D eigenvalue weighted by atomic mass is 32.2. The van der Waals surface area contributed by atoms with Gasteiger partial charge in [-0.25, -0.2) is 17.2 Å². The van der Waals surface area contributed by atoms with Crippen molar-refractivity contribution in [2.24, 2.45) is 0 Å². The van der Waals surface area contributed by atoms with Gasteiger partial charge in [-0.2, -0.15) is 4.31 Å². The molecule has 1 aliphatic rings. The summed E-state index contributed by atoms with van der Waals surface area (Å²) in [6, 6.07) is 10.9. The predicted molar refractivity (Wildman–Crippen MR) is 99.4 cm³/mol. The van der Waals surface area contributed by atoms with Crippen LogP contribution in [-0.4, -0.2) is 48.9 Å². The van der Waals surface area contributed by atoms with Gasteiger partial charge in [0.2, 0.25) is 10.0 Å². The fourth-order valence-corrected chi connectivity index (χ4v) is 4.36. The summed E-state index contributed by atoms with van der Waals surface area (Å²) in [5.74, 6) is -0.897. The number of benzene rings is 2. The van der Waals surface area contributed by atoms with Gasteiger partial charge in [0.05, 0.1) is 10.6 Å². The number of thiocarbonyl (C=S) groups is 1. The van der Waals surface area contributed by atoms with Gasteiger partial charge in [-0.1, -0.05) is 12.1 Å². The molecule has 0 unspecified atom stereocenters. The lowest BCUT2D eigenvalue weighted by atomic mass is 10.3. The van der Waals surface area contributed by atoms with Crippen molar-refractivity contribution in [3.05, 3.63) is 60.2 Å². The van der Waals surface area contributed by atoms with E-state index in [1.807, 2.05) is 0 Å². The Morgan fingerprint density at radius 3 is 2.19 bits per heavy atom. The third-order valence-corrected chi connectivity index (χ3v) is 6.37. The number of nitrogens with one attached hydrogen (secondary N) is 1. The molecule has 5 nitrogen and oxygen atoms in total. The third-order valence-electron chi connectivity index (χ3n) is 4.09. The van der Waals surface area contributed by atoms with Crippen molar-refractivity contribution in [3.63, 3.8) is 0 Å². The van der Waals surface area contributed by atoms with Crippen molar-refractivity contribution in [2.75, 3.05) is 31.5 Å². The maximum Gasteiger partial charge on any atom is 0.243 e. The first kappa shape index (κ1) is 18.7. The van der Waals surface area contributed by atoms with Crippen LogP contribution in [0.25, 0.3) is 0 Å². The van der Waals surface area contributed by atoms with Gasteiger partial charge < -0.3 is 10.2 Å². The summed E-state index contributed by atoms with van der Waals surface area (Å²) in [6.07, 6.45) is 0. The maximum absolute atomic E-state index is 13.7. The molecule has 0 radical (unpaired) electrons. The Hall–Kier alpha value is -2.10. The van der Waals surface area contributed by atoms with E-state index in [0.29, 0.717) is 18.2 Å². The van der Waals surface area contributed by atoms with E-state index in [9.17, 15) is 17.2 Å². The first-order valence-corrected chi connectivity index (χ1v) is 9.79. The molecule has 0 amide bonds. The van der Waals surface area contributed by atoms with Gasteiger partial charge in [0.25, 0.3) is 0 Å². The molecule has 9 heteroatoms. The second-order valence-corrected chi connectivity index (χ2v) is 8.08. The highest BCUT2D eigenvalue weighted by molar-refractivity contribution is 7.89. The van der Waals surface area contributed by atoms with E-state index in [4.69, 9.17) is 12.2 Å². The number of rotatable bonds is 3. The Labute approximate surface area is 156 Å². The first-order chi connectivity index (χ1) is 12.4. The molecule has 1 fully saturated rings. The number of halogens is 2. The second kappa shape index (κ2) is 7.65. The fourth-order valence-electron chi connectivity index (χ4n) is 2.64. The predicted octanol–water partition coefficient (Wildman–Crippen LogP) is 2.67. The van der Waals surface area contributed by atoms with E-state index in [-0.39, 0.29) is 23.7 Å². The molecular formula is C17H17F2N3O2S2. The zero-order chi connectivity index (χ0) is 18.7. The van der Waals surface area contributed by atoms with Crippen LogP contribution in [0.3, 0.4) is 0 Å². The minimum atomic E-state index is -3.68. The zero-order valence-electron chi connectivity index (χ0n) is 13.7. The Kier molecular flexibility index (Phi) is 5.49. The number of nitrogens with zero attached hydrogens (tertiary/aromatic N) is 2. The highest BCUT2D eigenvalue weighted by Crippen LogP contribution is 2.19. The van der Waals surface area contributed by atoms with Crippen LogP contribution >= 0.6 is 12.2 Å². The summed E-state index contributed by atoms with van der Waals surface area (Å²) in [5, 5.41) is 3.19. The Balaban J connectivity index is 1.62. The maximum atomic E-state index is 13.7. The summed E-state index contributed by atoms with van der Waals surface area (Å²) < 4.78 is 53.2. The molecule has 2 aromatic rings. The molecule has 3 rings (SSSR count). The molecule has 1 saturated heterocycles. The van der Waals surface area contributed by atoms with Crippen LogP contribution in [0.5, 0.6) is 0 Å². The normalized spacial score (nSPS) is 15.7. The molecule has 1 heterocycles. The summed E-state index contributed by atoms with van der Waals surface area (Å²) in [5.41, 5.74) is 0.277. The number of para-hydroxylation sites is 1. The minimum Gasteiger partial charge on any atom is -0.346 e. The van der Waals surface area contributed by atoms with Crippen LogP contribution < -0.4 is 5.32 Å². The van der Waals surface area contributed by atoms with Gasteiger partial charge in [0.1, 0.15) is 11.6 Å². The lowest BCUT2D eigenvalue weighted by Gasteiger charge is -2.35. The first-order valence-electron chi connectivity index (χ1n) is 7.94. The Bertz CT molecular complexity index is 896. The van der Waals surface area contributed by atoms with Crippen LogP contribution in [0.15, 0.2) is 53.4 Å². The second-order valence-electron chi connectivity index (χ2n) is 5.76. The van der Waals surface area contributed by atoms with E-state index in [1.165, 1.54) is 22.5 Å². The van der Waals surface area contributed by atoms with E-state index in [2.05, 4.69) is 5.32 Å². The molecule has 0 saturated carbocycles. The molecule has 0 aromatic heterocycles. The van der Waals surface area contributed by atoms with E-state index < -0.39 is 21.7 Å². The quantitative estimate of drug-likeness (QED) is 0.807. The van der Waals surface area contributed by atoms with Gasteiger partial charge in [0.15, 0.2) is 5.11 Å². The third kappa shape index (κ3) is 4.00. The molecule has 138 valence electrons. The fraction of sp³-hybridized carbons (Fsp3) is 0.235. The molecule has 26 heavy (non-hydrogen) atoms. The molecule has 0 spiro atoms. The van der Waals surface area contributed by atoms with Crippen molar-refractivity contribution < 1.29 is 17.2 Å². The molecule has 1 N–H and O–H groups in total. The molecule has 1 aliphatic heterocycles. The van der Waals surface area contributed by atoms with Crippen molar-refractivity contribution >= 4 is 33.0 Å². The van der Waals surface area contributed by atoms with Crippen molar-refractivity contribution in [2.45, 2.75) is 4.90 Å². The summed E-state index contributed by atoms with van der Waals surface area (Å²) in [7, 11) is -3.68. The average molecular weight is 397 g/mol. The Morgan fingerprint density at radius 1 is 0.962 bits per heavy atom. The van der Waals surface area contributed by atoms with Crippen LogP contribution in [-0.2, 0) is 10.0 Å². The van der Waals surface area contributed by atoms with Crippen LogP contribution in [0.4, 0.5) is 14.5 Å². The highest BCUT2D eigenvalue weighted by Gasteiger charge is 2.29. The number of hydrogen-bond acceptors (Lipinski definition) is 3. The standard InChI is InChI=1S/C17H17F2N3O2S2/c18-13-5-7-14(8-6-13)26(23,24)22-11-9-21(10-12-22)17(25)20-16-4-2-1-3-15(16)19/h1-8H,9-12H2,(H,20,25). The number of anilines is 1. The zero-order valence-corrected chi connectivity index (χ0v) is 15.4. The lowest BCUT2D eigenvalue weighted by molar-refractivity contribution is 0.268. The number of hydrogen-bond donors (Lipinski definition) is 1. The minimum absolute atomic E-state index is 0.0550. The summed E-state index contributed by atoms with van der Waals surface area (Å²) >= 11 is 5.29. The van der Waals surface area contributed by atoms with Crippen LogP contribution in [0, 0.1) is 11.6 Å². The average Bonchev–Trinajstić information content (AvgIpc) is 2.64. The summed E-state index contributed by atoms with van der Waals surface area (Å²) in [6.45, 7) is 1.22.